The molecule has 136 valence electrons. The molecule has 5 heteroatoms. The summed E-state index contributed by atoms with van der Waals surface area (Å²) in [6.45, 7) is 3.68. The molecule has 2 aromatic carbocycles. The highest BCUT2D eigenvalue weighted by Crippen LogP contribution is 2.01. The molecule has 0 bridgehead atoms. The van der Waals surface area contributed by atoms with Crippen molar-refractivity contribution in [3.8, 4) is 0 Å². The van der Waals surface area contributed by atoms with E-state index in [0.29, 0.717) is 0 Å². The zero-order chi connectivity index (χ0) is 17.0. The summed E-state index contributed by atoms with van der Waals surface area (Å²) in [5.74, 6) is 0.860. The molecule has 25 heavy (non-hydrogen) atoms. The topological polar surface area (TPSA) is 39.7 Å². The number of guanidine groups is 1. The Morgan fingerprint density at radius 2 is 1.44 bits per heavy atom. The lowest BCUT2D eigenvalue weighted by Gasteiger charge is -2.18. The van der Waals surface area contributed by atoms with Crippen molar-refractivity contribution in [2.75, 3.05) is 33.7 Å². The van der Waals surface area contributed by atoms with E-state index in [1.165, 1.54) is 11.1 Å². The van der Waals surface area contributed by atoms with Gasteiger partial charge in [-0.2, -0.15) is 0 Å². The Morgan fingerprint density at radius 1 is 0.880 bits per heavy atom. The van der Waals surface area contributed by atoms with Crippen molar-refractivity contribution in [1.29, 1.82) is 0 Å². The molecule has 0 saturated carbocycles. The summed E-state index contributed by atoms with van der Waals surface area (Å²) >= 11 is 0. The van der Waals surface area contributed by atoms with Crippen LogP contribution in [0, 0.1) is 0 Å². The second kappa shape index (κ2) is 12.7. The minimum atomic E-state index is 0. The predicted molar refractivity (Wildman–Crippen MR) is 118 cm³/mol. The quantitative estimate of drug-likeness (QED) is 0.367. The molecule has 0 aliphatic rings. The third-order valence-corrected chi connectivity index (χ3v) is 3.85. The lowest BCUT2D eigenvalue weighted by atomic mass is 10.1. The van der Waals surface area contributed by atoms with Crippen LogP contribution in [0.4, 0.5) is 0 Å². The van der Waals surface area contributed by atoms with Crippen LogP contribution in [0.25, 0.3) is 0 Å². The van der Waals surface area contributed by atoms with Gasteiger partial charge in [0, 0.05) is 33.2 Å². The zero-order valence-corrected chi connectivity index (χ0v) is 17.4. The molecule has 0 aliphatic carbocycles. The average Bonchev–Trinajstić information content (AvgIpc) is 2.62. The molecular formula is C20H29IN4. The highest BCUT2D eigenvalue weighted by atomic mass is 127. The Balaban J connectivity index is 0.00000312. The molecule has 0 radical (unpaired) electrons. The van der Waals surface area contributed by atoms with E-state index >= 15 is 0 Å². The Morgan fingerprint density at radius 3 is 2.04 bits per heavy atom. The normalized spacial score (nSPS) is 11.1. The molecule has 0 unspecified atom stereocenters. The van der Waals surface area contributed by atoms with Crippen molar-refractivity contribution in [3.63, 3.8) is 0 Å². The standard InChI is InChI=1S/C20H28N4.HI/c1-21-20(22-14-13-18-9-5-3-6-10-18)23-15-16-24(2)17-19-11-7-4-8-12-19;/h3-12H,13-17H2,1-2H3,(H2,21,22,23);1H. The van der Waals surface area contributed by atoms with Crippen LogP contribution in [0.3, 0.4) is 0 Å². The van der Waals surface area contributed by atoms with Crippen LogP contribution in [0.1, 0.15) is 11.1 Å². The van der Waals surface area contributed by atoms with E-state index in [2.05, 4.69) is 82.2 Å². The summed E-state index contributed by atoms with van der Waals surface area (Å²) in [7, 11) is 3.95. The first-order valence-electron chi connectivity index (χ1n) is 8.49. The number of rotatable bonds is 8. The van der Waals surface area contributed by atoms with Crippen molar-refractivity contribution in [3.05, 3.63) is 71.8 Å². The highest BCUT2D eigenvalue weighted by molar-refractivity contribution is 14.0. The number of halogens is 1. The molecule has 0 atom stereocenters. The van der Waals surface area contributed by atoms with Crippen LogP contribution in [-0.2, 0) is 13.0 Å². The van der Waals surface area contributed by atoms with E-state index in [1.807, 2.05) is 13.1 Å². The predicted octanol–water partition coefficient (Wildman–Crippen LogP) is 3.14. The highest BCUT2D eigenvalue weighted by Gasteiger charge is 2.01. The van der Waals surface area contributed by atoms with E-state index in [9.17, 15) is 0 Å². The lowest BCUT2D eigenvalue weighted by molar-refractivity contribution is 0.331. The van der Waals surface area contributed by atoms with Crippen LogP contribution < -0.4 is 10.6 Å². The van der Waals surface area contributed by atoms with Gasteiger partial charge in [0.05, 0.1) is 0 Å². The van der Waals surface area contributed by atoms with Gasteiger partial charge in [-0.15, -0.1) is 24.0 Å². The first kappa shape index (κ1) is 21.4. The molecule has 4 nitrogen and oxygen atoms in total. The van der Waals surface area contributed by atoms with Crippen LogP contribution in [0.2, 0.25) is 0 Å². The smallest absolute Gasteiger partial charge is 0.191 e. The fourth-order valence-electron chi connectivity index (χ4n) is 2.53. The summed E-state index contributed by atoms with van der Waals surface area (Å²) in [6, 6.07) is 21.0. The first-order chi connectivity index (χ1) is 11.8. The number of aliphatic imine (C=N–C) groups is 1. The van der Waals surface area contributed by atoms with Gasteiger partial charge in [-0.3, -0.25) is 4.99 Å². The minimum absolute atomic E-state index is 0. The summed E-state index contributed by atoms with van der Waals surface area (Å²) < 4.78 is 0. The number of likely N-dealkylation sites (N-methyl/N-ethyl adjacent to an activating group) is 1. The SMILES string of the molecule is CN=C(NCCc1ccccc1)NCCN(C)Cc1ccccc1.I. The fourth-order valence-corrected chi connectivity index (χ4v) is 2.53. The second-order valence-corrected chi connectivity index (χ2v) is 5.88. The monoisotopic (exact) mass is 452 g/mol. The maximum Gasteiger partial charge on any atom is 0.191 e. The van der Waals surface area contributed by atoms with Crippen molar-refractivity contribution < 1.29 is 0 Å². The van der Waals surface area contributed by atoms with Crippen molar-refractivity contribution in [1.82, 2.24) is 15.5 Å². The maximum absolute atomic E-state index is 4.28. The van der Waals surface area contributed by atoms with Crippen LogP contribution in [0.5, 0.6) is 0 Å². The third-order valence-electron chi connectivity index (χ3n) is 3.85. The molecule has 0 spiro atoms. The Bertz CT molecular complexity index is 602. The molecule has 2 rings (SSSR count). The molecule has 0 heterocycles. The van der Waals surface area contributed by atoms with Crippen LogP contribution in [0.15, 0.2) is 65.7 Å². The Kier molecular flexibility index (Phi) is 10.9. The molecule has 0 aromatic heterocycles. The number of nitrogens with zero attached hydrogens (tertiary/aromatic N) is 2. The summed E-state index contributed by atoms with van der Waals surface area (Å²) in [4.78, 5) is 6.58. The maximum atomic E-state index is 4.28. The third kappa shape index (κ3) is 8.88. The summed E-state index contributed by atoms with van der Waals surface area (Å²) in [5.41, 5.74) is 2.67. The second-order valence-electron chi connectivity index (χ2n) is 5.88. The Labute approximate surface area is 168 Å². The largest absolute Gasteiger partial charge is 0.356 e. The van der Waals surface area contributed by atoms with Gasteiger partial charge in [-0.05, 0) is 24.6 Å². The summed E-state index contributed by atoms with van der Waals surface area (Å²) in [6.07, 6.45) is 0.995. The molecule has 2 N–H and O–H groups in total. The zero-order valence-electron chi connectivity index (χ0n) is 15.1. The molecular weight excluding hydrogens is 423 g/mol. The van der Waals surface area contributed by atoms with Crippen molar-refractivity contribution >= 4 is 29.9 Å². The van der Waals surface area contributed by atoms with Gasteiger partial charge < -0.3 is 15.5 Å². The minimum Gasteiger partial charge on any atom is -0.356 e. The molecule has 2 aromatic rings. The molecule has 0 amide bonds. The van der Waals surface area contributed by atoms with Gasteiger partial charge in [0.1, 0.15) is 0 Å². The fraction of sp³-hybridized carbons (Fsp3) is 0.350. The van der Waals surface area contributed by atoms with Gasteiger partial charge in [-0.1, -0.05) is 60.7 Å². The van der Waals surface area contributed by atoms with Crippen molar-refractivity contribution in [2.24, 2.45) is 4.99 Å². The van der Waals surface area contributed by atoms with E-state index in [4.69, 9.17) is 0 Å². The average molecular weight is 452 g/mol. The number of hydrogen-bond donors (Lipinski definition) is 2. The van der Waals surface area contributed by atoms with Crippen LogP contribution in [-0.4, -0.2) is 44.6 Å². The van der Waals surface area contributed by atoms with E-state index in [0.717, 1.165) is 38.6 Å². The van der Waals surface area contributed by atoms with Gasteiger partial charge in [0.25, 0.3) is 0 Å². The van der Waals surface area contributed by atoms with E-state index < -0.39 is 0 Å². The van der Waals surface area contributed by atoms with Gasteiger partial charge in [0.2, 0.25) is 0 Å². The molecule has 0 aliphatic heterocycles. The summed E-state index contributed by atoms with van der Waals surface area (Å²) in [5, 5.41) is 6.73. The number of hydrogen-bond acceptors (Lipinski definition) is 2. The van der Waals surface area contributed by atoms with Gasteiger partial charge in [-0.25, -0.2) is 0 Å². The van der Waals surface area contributed by atoms with E-state index in [1.54, 1.807) is 0 Å². The number of nitrogens with one attached hydrogen (secondary N) is 2. The number of benzene rings is 2. The Hall–Kier alpha value is -1.60. The van der Waals surface area contributed by atoms with Gasteiger partial charge >= 0.3 is 0 Å². The lowest BCUT2D eigenvalue weighted by Crippen LogP contribution is -2.41. The molecule has 0 saturated heterocycles. The van der Waals surface area contributed by atoms with Crippen molar-refractivity contribution in [2.45, 2.75) is 13.0 Å². The van der Waals surface area contributed by atoms with Crippen LogP contribution >= 0.6 is 24.0 Å². The van der Waals surface area contributed by atoms with E-state index in [-0.39, 0.29) is 24.0 Å². The molecule has 0 fully saturated rings. The van der Waals surface area contributed by atoms with Gasteiger partial charge in [0.15, 0.2) is 5.96 Å². The first-order valence-corrected chi connectivity index (χ1v) is 8.49.